The number of likely N-dealkylation sites (tertiary alicyclic amines) is 1. The zero-order valence-corrected chi connectivity index (χ0v) is 17.5. The van der Waals surface area contributed by atoms with Gasteiger partial charge in [0.1, 0.15) is 5.75 Å². The summed E-state index contributed by atoms with van der Waals surface area (Å²) in [4.78, 5) is 29.6. The number of quaternary nitrogens is 1. The normalized spacial score (nSPS) is 18.4. The van der Waals surface area contributed by atoms with Crippen molar-refractivity contribution in [3.63, 3.8) is 0 Å². The van der Waals surface area contributed by atoms with E-state index < -0.39 is 0 Å². The summed E-state index contributed by atoms with van der Waals surface area (Å²) in [5.74, 6) is 0.968. The van der Waals surface area contributed by atoms with E-state index in [4.69, 9.17) is 9.47 Å². The topological polar surface area (TPSA) is 75.5 Å². The zero-order valence-electron chi connectivity index (χ0n) is 17.5. The largest absolute Gasteiger partial charge is 0.497 e. The van der Waals surface area contributed by atoms with E-state index in [1.54, 1.807) is 12.0 Å². The van der Waals surface area contributed by atoms with Crippen LogP contribution in [0.2, 0.25) is 0 Å². The van der Waals surface area contributed by atoms with Crippen LogP contribution >= 0.6 is 0 Å². The number of anilines is 1. The van der Waals surface area contributed by atoms with E-state index in [2.05, 4.69) is 22.3 Å². The fourth-order valence-electron chi connectivity index (χ4n) is 3.99. The lowest BCUT2D eigenvalue weighted by Gasteiger charge is -2.34. The minimum Gasteiger partial charge on any atom is -0.497 e. The molecule has 0 bridgehead atoms. The summed E-state index contributed by atoms with van der Waals surface area (Å²) >= 11 is 0. The molecule has 2 N–H and O–H groups in total. The minimum absolute atomic E-state index is 0.101. The van der Waals surface area contributed by atoms with Crippen LogP contribution in [0.3, 0.4) is 0 Å². The van der Waals surface area contributed by atoms with Crippen LogP contribution in [-0.4, -0.2) is 82.5 Å². The van der Waals surface area contributed by atoms with Gasteiger partial charge in [-0.2, -0.15) is 0 Å². The summed E-state index contributed by atoms with van der Waals surface area (Å²) in [6.07, 6.45) is 1.31. The van der Waals surface area contributed by atoms with Gasteiger partial charge in [0.2, 0.25) is 0 Å². The van der Waals surface area contributed by atoms with Crippen LogP contribution in [0.25, 0.3) is 0 Å². The summed E-state index contributed by atoms with van der Waals surface area (Å²) in [6, 6.07) is 8.26. The molecule has 0 unspecified atom stereocenters. The Balaban J connectivity index is 1.37. The van der Waals surface area contributed by atoms with Gasteiger partial charge in [0.05, 0.1) is 39.9 Å². The number of hydrogen-bond acceptors (Lipinski definition) is 5. The van der Waals surface area contributed by atoms with Crippen molar-refractivity contribution in [2.24, 2.45) is 0 Å². The second-order valence-electron chi connectivity index (χ2n) is 7.64. The lowest BCUT2D eigenvalue weighted by atomic mass is 10.1. The Hall–Kier alpha value is -2.48. The number of nitrogens with one attached hydrogen (secondary N) is 2. The molecule has 29 heavy (non-hydrogen) atoms. The second kappa shape index (κ2) is 10.3. The van der Waals surface area contributed by atoms with Crippen molar-refractivity contribution < 1.29 is 24.0 Å². The molecule has 8 heteroatoms. The van der Waals surface area contributed by atoms with Crippen LogP contribution in [0.5, 0.6) is 5.75 Å². The van der Waals surface area contributed by atoms with Gasteiger partial charge in [0.25, 0.3) is 5.91 Å². The van der Waals surface area contributed by atoms with E-state index in [9.17, 15) is 9.59 Å². The smallest absolute Gasteiger partial charge is 0.409 e. The van der Waals surface area contributed by atoms with Gasteiger partial charge in [-0.05, 0) is 31.9 Å². The van der Waals surface area contributed by atoms with Gasteiger partial charge in [0.15, 0.2) is 6.54 Å². The maximum Gasteiger partial charge on any atom is 0.409 e. The lowest BCUT2D eigenvalue weighted by Crippen LogP contribution is -3.16. The second-order valence-corrected chi connectivity index (χ2v) is 7.64. The first kappa shape index (κ1) is 21.2. The molecule has 2 amide bonds. The summed E-state index contributed by atoms with van der Waals surface area (Å²) in [7, 11) is 1.68. The predicted molar refractivity (Wildman–Crippen MR) is 111 cm³/mol. The first-order valence-corrected chi connectivity index (χ1v) is 10.5. The van der Waals surface area contributed by atoms with Crippen LogP contribution in [0.4, 0.5) is 10.5 Å². The van der Waals surface area contributed by atoms with Crippen LogP contribution in [0.1, 0.15) is 19.8 Å². The Morgan fingerprint density at radius 3 is 2.55 bits per heavy atom. The predicted octanol–water partition coefficient (Wildman–Crippen LogP) is 0.137. The van der Waals surface area contributed by atoms with Gasteiger partial charge in [0, 0.05) is 30.9 Å². The Bertz CT molecular complexity index is 683. The molecule has 1 aromatic rings. The average Bonchev–Trinajstić information content (AvgIpc) is 2.75. The molecule has 2 aliphatic heterocycles. The molecule has 2 fully saturated rings. The van der Waals surface area contributed by atoms with Crippen LogP contribution in [0.15, 0.2) is 24.3 Å². The average molecular weight is 406 g/mol. The van der Waals surface area contributed by atoms with Gasteiger partial charge in [-0.15, -0.1) is 0 Å². The number of rotatable bonds is 6. The summed E-state index contributed by atoms with van der Waals surface area (Å²) in [5, 5.41) is 3.15. The molecular weight excluding hydrogens is 372 g/mol. The van der Waals surface area contributed by atoms with Crippen LogP contribution in [0, 0.1) is 0 Å². The van der Waals surface area contributed by atoms with E-state index >= 15 is 0 Å². The molecule has 0 aromatic heterocycles. The fourth-order valence-corrected chi connectivity index (χ4v) is 3.99. The highest BCUT2D eigenvalue weighted by atomic mass is 16.6. The van der Waals surface area contributed by atoms with Gasteiger partial charge in [-0.25, -0.2) is 4.79 Å². The number of methoxy groups -OCH3 is 1. The zero-order chi connectivity index (χ0) is 20.6. The first-order chi connectivity index (χ1) is 14.1. The Labute approximate surface area is 172 Å². The highest BCUT2D eigenvalue weighted by Gasteiger charge is 2.27. The Morgan fingerprint density at radius 1 is 1.17 bits per heavy atom. The van der Waals surface area contributed by atoms with Crippen LogP contribution < -0.4 is 19.9 Å². The van der Waals surface area contributed by atoms with E-state index in [0.29, 0.717) is 26.2 Å². The number of carbonyl (C=O) groups excluding carboxylic acids is 2. The molecule has 3 rings (SSSR count). The summed E-state index contributed by atoms with van der Waals surface area (Å²) in [6.45, 7) is 7.70. The van der Waals surface area contributed by atoms with Gasteiger partial charge >= 0.3 is 6.09 Å². The standard InChI is InChI=1S/C21H32N4O4/c1-3-29-21(27)25-9-7-17(8-10-25)22-20(26)16-23-11-13-24(14-12-23)18-5-4-6-19(15-18)28-2/h4-6,15,17H,3,7-14,16H2,1-2H3,(H,22,26)/p+1. The molecule has 0 aliphatic carbocycles. The molecule has 0 saturated carbocycles. The van der Waals surface area contributed by atoms with Crippen molar-refractivity contribution in [1.82, 2.24) is 10.2 Å². The van der Waals surface area contributed by atoms with E-state index in [-0.39, 0.29) is 18.0 Å². The number of hydrogen-bond donors (Lipinski definition) is 2. The first-order valence-electron chi connectivity index (χ1n) is 10.5. The lowest BCUT2D eigenvalue weighted by molar-refractivity contribution is -0.892. The molecule has 2 heterocycles. The van der Waals surface area contributed by atoms with Crippen LogP contribution in [-0.2, 0) is 9.53 Å². The third kappa shape index (κ3) is 6.00. The quantitative estimate of drug-likeness (QED) is 0.704. The third-order valence-corrected chi connectivity index (χ3v) is 5.69. The molecule has 160 valence electrons. The maximum absolute atomic E-state index is 12.5. The maximum atomic E-state index is 12.5. The fraction of sp³-hybridized carbons (Fsp3) is 0.619. The van der Waals surface area contributed by atoms with Crippen molar-refractivity contribution in [3.05, 3.63) is 24.3 Å². The van der Waals surface area contributed by atoms with Crippen molar-refractivity contribution in [2.75, 3.05) is 64.4 Å². The van der Waals surface area contributed by atoms with Crippen molar-refractivity contribution in [2.45, 2.75) is 25.8 Å². The van der Waals surface area contributed by atoms with Gasteiger partial charge in [-0.3, -0.25) is 4.79 Å². The van der Waals surface area contributed by atoms with E-state index in [1.165, 1.54) is 10.6 Å². The van der Waals surface area contributed by atoms with Crippen molar-refractivity contribution in [3.8, 4) is 5.75 Å². The van der Waals surface area contributed by atoms with E-state index in [1.807, 2.05) is 19.1 Å². The number of piperazine rings is 1. The molecule has 2 aliphatic rings. The van der Waals surface area contributed by atoms with Crippen molar-refractivity contribution in [1.29, 1.82) is 0 Å². The molecule has 1 aromatic carbocycles. The molecule has 8 nitrogen and oxygen atoms in total. The highest BCUT2D eigenvalue weighted by Crippen LogP contribution is 2.20. The van der Waals surface area contributed by atoms with Gasteiger partial charge in [-0.1, -0.05) is 6.07 Å². The molecular formula is C21H33N4O4+. The number of benzene rings is 1. The Morgan fingerprint density at radius 2 is 1.90 bits per heavy atom. The summed E-state index contributed by atoms with van der Waals surface area (Å²) in [5.41, 5.74) is 1.17. The minimum atomic E-state index is -0.254. The number of ether oxygens (including phenoxy) is 2. The molecule has 0 atom stereocenters. The number of piperidine rings is 1. The number of amides is 2. The van der Waals surface area contributed by atoms with E-state index in [0.717, 1.165) is 44.8 Å². The number of nitrogens with zero attached hydrogens (tertiary/aromatic N) is 2. The molecule has 0 radical (unpaired) electrons. The SMILES string of the molecule is CCOC(=O)N1CCC(NC(=O)C[NH+]2CCN(c3cccc(OC)c3)CC2)CC1. The molecule has 2 saturated heterocycles. The van der Waals surface area contributed by atoms with Crippen molar-refractivity contribution >= 4 is 17.7 Å². The Kier molecular flexibility index (Phi) is 7.57. The third-order valence-electron chi connectivity index (χ3n) is 5.69. The van der Waals surface area contributed by atoms with Gasteiger partial charge < -0.3 is 29.5 Å². The summed E-state index contributed by atoms with van der Waals surface area (Å²) < 4.78 is 10.3. The molecule has 0 spiro atoms. The monoisotopic (exact) mass is 405 g/mol. The highest BCUT2D eigenvalue weighted by molar-refractivity contribution is 5.77. The number of carbonyl (C=O) groups is 2.